The fourth-order valence-corrected chi connectivity index (χ4v) is 5.51. The van der Waals surface area contributed by atoms with E-state index < -0.39 is 80.3 Å². The molecule has 0 aliphatic carbocycles. The van der Waals surface area contributed by atoms with Gasteiger partial charge in [-0.05, 0) is 120 Å². The Bertz CT molecular complexity index is 2000. The van der Waals surface area contributed by atoms with Gasteiger partial charge in [-0.3, -0.25) is 19.3 Å². The quantitative estimate of drug-likeness (QED) is 0.0228. The second-order valence-corrected chi connectivity index (χ2v) is 14.7. The number of nitrogens with one attached hydrogen (secondary N) is 4. The average Bonchev–Trinajstić information content (AvgIpc) is 3.13. The van der Waals surface area contributed by atoms with E-state index in [1.54, 1.807) is 19.1 Å². The SMILES string of the molecule is CC(O)CCONC(=O)c1cc(Cl)c(F)c(F)c1Nc1ccc(I)cc1F.CCC(O)CCONC(=O)c1cc(Cl)c(F)c(F)c1Nc1ccc(I)cc1F. The average molecular weight is 1040 g/mol. The molecule has 0 aliphatic rings. The number of hydrogen-bond acceptors (Lipinski definition) is 8. The molecule has 4 rings (SSSR count). The molecule has 0 aromatic heterocycles. The van der Waals surface area contributed by atoms with Gasteiger partial charge in [0.15, 0.2) is 23.3 Å². The van der Waals surface area contributed by atoms with Crippen LogP contribution in [-0.2, 0) is 9.68 Å². The highest BCUT2D eigenvalue weighted by molar-refractivity contribution is 14.1. The zero-order valence-corrected chi connectivity index (χ0v) is 34.4. The van der Waals surface area contributed by atoms with E-state index in [2.05, 4.69) is 16.1 Å². The molecule has 0 radical (unpaired) electrons. The van der Waals surface area contributed by atoms with E-state index in [0.717, 1.165) is 12.1 Å². The van der Waals surface area contributed by atoms with Crippen LogP contribution < -0.4 is 21.6 Å². The number of hydrogen-bond donors (Lipinski definition) is 6. The molecule has 0 aliphatic heterocycles. The lowest BCUT2D eigenvalue weighted by atomic mass is 10.1. The van der Waals surface area contributed by atoms with Crippen molar-refractivity contribution in [2.75, 3.05) is 23.8 Å². The summed E-state index contributed by atoms with van der Waals surface area (Å²) >= 11 is 15.0. The lowest BCUT2D eigenvalue weighted by Crippen LogP contribution is -2.26. The number of aliphatic hydroxyl groups is 2. The highest BCUT2D eigenvalue weighted by atomic mass is 127. The summed E-state index contributed by atoms with van der Waals surface area (Å²) < 4.78 is 85.9. The van der Waals surface area contributed by atoms with E-state index in [9.17, 15) is 41.0 Å². The van der Waals surface area contributed by atoms with Crippen molar-refractivity contribution in [2.45, 2.75) is 45.3 Å². The first-order chi connectivity index (χ1) is 25.9. The second kappa shape index (κ2) is 22.0. The van der Waals surface area contributed by atoms with Crippen molar-refractivity contribution < 1.29 is 55.8 Å². The Morgan fingerprint density at radius 1 is 0.691 bits per heavy atom. The third-order valence-electron chi connectivity index (χ3n) is 7.19. The summed E-state index contributed by atoms with van der Waals surface area (Å²) in [6.45, 7) is 3.33. The molecule has 0 heterocycles. The molecule has 2 amide bonds. The van der Waals surface area contributed by atoms with Gasteiger partial charge in [0.25, 0.3) is 11.8 Å². The van der Waals surface area contributed by atoms with Gasteiger partial charge in [-0.25, -0.2) is 37.3 Å². The van der Waals surface area contributed by atoms with Gasteiger partial charge < -0.3 is 20.8 Å². The van der Waals surface area contributed by atoms with Crippen molar-refractivity contribution in [2.24, 2.45) is 0 Å². The fraction of sp³-hybridized carbons (Fsp3) is 0.257. The molecule has 0 spiro atoms. The molecule has 0 fully saturated rings. The highest BCUT2D eigenvalue weighted by Crippen LogP contribution is 2.34. The van der Waals surface area contributed by atoms with Crippen LogP contribution in [0.4, 0.5) is 49.1 Å². The minimum absolute atomic E-state index is 0.00464. The standard InChI is InChI=1S/C18H17ClF3IN2O3.C17H15ClF3IN2O3/c1-2-10(26)5-6-28-25-18(27)11-8-12(19)15(21)16(22)17(11)24-14-4-3-9(23)7-13(14)20;1-8(25)4-5-27-24-17(26)10-7-11(18)14(20)15(21)16(10)23-13-3-2-9(22)6-12(13)19/h3-4,7-8,10,24,26H,2,5-6H2,1H3,(H,25,27);2-3,6-8,23,25H,4-5H2,1H3,(H,24,26). The fourth-order valence-electron chi connectivity index (χ4n) is 4.22. The smallest absolute Gasteiger partial charge is 0.277 e. The van der Waals surface area contributed by atoms with E-state index in [0.29, 0.717) is 13.6 Å². The first kappa shape index (κ1) is 46.3. The van der Waals surface area contributed by atoms with Gasteiger partial charge >= 0.3 is 0 Å². The summed E-state index contributed by atoms with van der Waals surface area (Å²) in [6.07, 6.45) is -0.186. The van der Waals surface area contributed by atoms with Gasteiger partial charge in [0, 0.05) is 7.14 Å². The predicted octanol–water partition coefficient (Wildman–Crippen LogP) is 9.47. The Morgan fingerprint density at radius 3 is 1.45 bits per heavy atom. The predicted molar refractivity (Wildman–Crippen MR) is 212 cm³/mol. The number of carbonyl (C=O) groups is 2. The summed E-state index contributed by atoms with van der Waals surface area (Å²) in [4.78, 5) is 34.5. The molecule has 4 aromatic rings. The molecule has 0 saturated carbocycles. The van der Waals surface area contributed by atoms with E-state index >= 15 is 0 Å². The first-order valence-corrected chi connectivity index (χ1v) is 18.9. The Morgan fingerprint density at radius 2 is 1.09 bits per heavy atom. The highest BCUT2D eigenvalue weighted by Gasteiger charge is 2.25. The number of benzene rings is 4. The zero-order chi connectivity index (χ0) is 41.0. The molecular formula is C35H32Cl2F6I2N4O6. The molecule has 10 nitrogen and oxygen atoms in total. The number of aliphatic hydroxyl groups excluding tert-OH is 2. The van der Waals surface area contributed by atoms with Crippen LogP contribution in [-0.4, -0.2) is 47.4 Å². The Balaban J connectivity index is 0.000000296. The summed E-state index contributed by atoms with van der Waals surface area (Å²) in [7, 11) is 0. The topological polar surface area (TPSA) is 141 Å². The third-order valence-corrected chi connectivity index (χ3v) is 9.08. The largest absolute Gasteiger partial charge is 0.393 e. The van der Waals surface area contributed by atoms with Crippen molar-refractivity contribution in [1.82, 2.24) is 11.0 Å². The van der Waals surface area contributed by atoms with Gasteiger partial charge in [-0.2, -0.15) is 0 Å². The van der Waals surface area contributed by atoms with E-state index in [1.807, 2.05) is 50.7 Å². The molecule has 0 saturated heterocycles. The Labute approximate surface area is 348 Å². The van der Waals surface area contributed by atoms with Crippen LogP contribution >= 0.6 is 68.4 Å². The van der Waals surface area contributed by atoms with Gasteiger partial charge in [0.05, 0.1) is 69.3 Å². The summed E-state index contributed by atoms with van der Waals surface area (Å²) in [5.74, 6) is -8.88. The minimum Gasteiger partial charge on any atom is -0.393 e. The van der Waals surface area contributed by atoms with E-state index in [-0.39, 0.29) is 48.6 Å². The molecular weight excluding hydrogens is 1010 g/mol. The van der Waals surface area contributed by atoms with Crippen molar-refractivity contribution in [3.8, 4) is 0 Å². The van der Waals surface area contributed by atoms with Crippen molar-refractivity contribution in [3.63, 3.8) is 0 Å². The maximum atomic E-state index is 14.4. The monoisotopic (exact) mass is 1040 g/mol. The summed E-state index contributed by atoms with van der Waals surface area (Å²) in [6, 6.07) is 9.94. The lowest BCUT2D eigenvalue weighted by molar-refractivity contribution is 0.0161. The molecule has 6 N–H and O–H groups in total. The normalized spacial score (nSPS) is 12.0. The second-order valence-electron chi connectivity index (χ2n) is 11.4. The van der Waals surface area contributed by atoms with Crippen molar-refractivity contribution >= 4 is 103 Å². The van der Waals surface area contributed by atoms with Crippen molar-refractivity contribution in [1.29, 1.82) is 0 Å². The van der Waals surface area contributed by atoms with E-state index in [4.69, 9.17) is 38.0 Å². The number of amides is 2. The van der Waals surface area contributed by atoms with Gasteiger partial charge in [0.1, 0.15) is 11.6 Å². The lowest BCUT2D eigenvalue weighted by Gasteiger charge is -2.15. The first-order valence-electron chi connectivity index (χ1n) is 15.9. The molecule has 2 atom stereocenters. The molecule has 20 heteroatoms. The van der Waals surface area contributed by atoms with Crippen molar-refractivity contribution in [3.05, 3.63) is 112 Å². The minimum atomic E-state index is -1.44. The Kier molecular flexibility index (Phi) is 18.5. The molecule has 55 heavy (non-hydrogen) atoms. The number of anilines is 4. The van der Waals surface area contributed by atoms with Gasteiger partial charge in [-0.15, -0.1) is 0 Å². The molecule has 2 unspecified atom stereocenters. The van der Waals surface area contributed by atoms with E-state index in [1.165, 1.54) is 31.2 Å². The summed E-state index contributed by atoms with van der Waals surface area (Å²) in [5, 5.41) is 22.1. The van der Waals surface area contributed by atoms with Crippen LogP contribution in [0.3, 0.4) is 0 Å². The number of carbonyl (C=O) groups excluding carboxylic acids is 2. The van der Waals surface area contributed by atoms with Crippen LogP contribution in [0.25, 0.3) is 0 Å². The van der Waals surface area contributed by atoms with Crippen LogP contribution in [0.1, 0.15) is 53.8 Å². The maximum Gasteiger partial charge on any atom is 0.277 e. The van der Waals surface area contributed by atoms with Crippen LogP contribution in [0.15, 0.2) is 48.5 Å². The third kappa shape index (κ3) is 13.5. The Hall–Kier alpha value is -3.12. The zero-order valence-electron chi connectivity index (χ0n) is 28.6. The van der Waals surface area contributed by atoms with Crippen LogP contribution in [0.2, 0.25) is 10.0 Å². The maximum absolute atomic E-state index is 14.4. The van der Waals surface area contributed by atoms with Crippen LogP contribution in [0.5, 0.6) is 0 Å². The molecule has 298 valence electrons. The van der Waals surface area contributed by atoms with Gasteiger partial charge in [0.2, 0.25) is 0 Å². The number of halogens is 10. The van der Waals surface area contributed by atoms with Gasteiger partial charge in [-0.1, -0.05) is 30.1 Å². The summed E-state index contributed by atoms with van der Waals surface area (Å²) in [5.41, 5.74) is 1.88. The number of rotatable bonds is 15. The van der Waals surface area contributed by atoms with Crippen LogP contribution in [0, 0.1) is 42.0 Å². The molecule has 4 aromatic carbocycles. The molecule has 0 bridgehead atoms. The number of hydroxylamine groups is 2.